The second-order valence-corrected chi connectivity index (χ2v) is 13.7. The summed E-state index contributed by atoms with van der Waals surface area (Å²) < 4.78 is 0. The third-order valence-corrected chi connectivity index (χ3v) is 10.1. The third kappa shape index (κ3) is 6.25. The predicted octanol–water partition coefficient (Wildman–Crippen LogP) is 5.18. The lowest BCUT2D eigenvalue weighted by atomic mass is 9.82. The van der Waals surface area contributed by atoms with E-state index >= 15 is 0 Å². The van der Waals surface area contributed by atoms with Crippen LogP contribution >= 0.6 is 0 Å². The molecule has 0 unspecified atom stereocenters. The summed E-state index contributed by atoms with van der Waals surface area (Å²) in [5.74, 6) is 1.47. The van der Waals surface area contributed by atoms with Crippen LogP contribution in [-0.4, -0.2) is 70.5 Å². The van der Waals surface area contributed by atoms with E-state index in [-0.39, 0.29) is 13.0 Å². The molecular formula is C35H46N6O3. The van der Waals surface area contributed by atoms with Crippen LogP contribution in [0.25, 0.3) is 11.1 Å². The monoisotopic (exact) mass is 598 g/mol. The van der Waals surface area contributed by atoms with E-state index in [0.717, 1.165) is 117 Å². The standard InChI is InChI=1S/C35H46N6O3/c1-23-29(18-32(43)44)34(40-15-10-35(3,4)11-16-40)33(24(2)38-23)27-5-6-28-20-41(14-9-26(28)17-27)31-19-30(36-22-37-31)39-12-7-25(21-42)8-13-39/h5-6,17,19,22,25,42H,7-16,18,20-21H2,1-4H3,(H,43,44). The predicted molar refractivity (Wildman–Crippen MR) is 175 cm³/mol. The SMILES string of the molecule is Cc1nc(C)c(-c2ccc3c(c2)CCN(c2cc(N4CCC(CO)CC4)ncn2)C3)c(N2CCC(C)(C)CC2)c1CC(=O)O. The molecule has 3 aromatic rings. The number of aromatic nitrogens is 3. The Morgan fingerprint density at radius 3 is 2.30 bits per heavy atom. The zero-order valence-corrected chi connectivity index (χ0v) is 26.6. The van der Waals surface area contributed by atoms with Crippen molar-refractivity contribution in [1.82, 2.24) is 15.0 Å². The maximum Gasteiger partial charge on any atom is 0.307 e. The fourth-order valence-corrected chi connectivity index (χ4v) is 7.19. The molecule has 2 saturated heterocycles. The number of benzene rings is 1. The van der Waals surface area contributed by atoms with Crippen molar-refractivity contribution in [2.45, 2.75) is 72.8 Å². The molecule has 5 heterocycles. The van der Waals surface area contributed by atoms with Crippen LogP contribution in [0.5, 0.6) is 0 Å². The Hall–Kier alpha value is -3.72. The second kappa shape index (κ2) is 12.3. The summed E-state index contributed by atoms with van der Waals surface area (Å²) in [5, 5.41) is 19.4. The van der Waals surface area contributed by atoms with Gasteiger partial charge in [-0.05, 0) is 74.0 Å². The van der Waals surface area contributed by atoms with E-state index in [4.69, 9.17) is 4.98 Å². The normalized spacial score (nSPS) is 18.8. The Morgan fingerprint density at radius 2 is 1.61 bits per heavy atom. The summed E-state index contributed by atoms with van der Waals surface area (Å²) in [6.07, 6.45) is 6.67. The molecule has 0 radical (unpaired) electrons. The third-order valence-electron chi connectivity index (χ3n) is 10.1. The first-order valence-electron chi connectivity index (χ1n) is 16.1. The van der Waals surface area contributed by atoms with Gasteiger partial charge in [-0.15, -0.1) is 0 Å². The highest BCUT2D eigenvalue weighted by Gasteiger charge is 2.31. The van der Waals surface area contributed by atoms with Crippen molar-refractivity contribution in [2.75, 3.05) is 54.0 Å². The van der Waals surface area contributed by atoms with Crippen LogP contribution in [-0.2, 0) is 24.2 Å². The van der Waals surface area contributed by atoms with Crippen LogP contribution < -0.4 is 14.7 Å². The Bertz CT molecular complexity index is 1520. The van der Waals surface area contributed by atoms with Crippen LogP contribution in [0.3, 0.4) is 0 Å². The number of aryl methyl sites for hydroxylation is 2. The van der Waals surface area contributed by atoms with E-state index in [2.05, 4.69) is 69.7 Å². The van der Waals surface area contributed by atoms with Crippen LogP contribution in [0.2, 0.25) is 0 Å². The molecule has 2 fully saturated rings. The molecule has 6 rings (SSSR count). The molecule has 2 aromatic heterocycles. The Morgan fingerprint density at radius 1 is 0.909 bits per heavy atom. The number of hydrogen-bond donors (Lipinski definition) is 2. The van der Waals surface area contributed by atoms with E-state index < -0.39 is 5.97 Å². The van der Waals surface area contributed by atoms with Gasteiger partial charge in [-0.3, -0.25) is 9.78 Å². The first-order valence-corrected chi connectivity index (χ1v) is 16.1. The van der Waals surface area contributed by atoms with Crippen LogP contribution in [0.4, 0.5) is 17.3 Å². The van der Waals surface area contributed by atoms with E-state index in [0.29, 0.717) is 11.3 Å². The van der Waals surface area contributed by atoms with Crippen molar-refractivity contribution in [3.8, 4) is 11.1 Å². The van der Waals surface area contributed by atoms with Crippen LogP contribution in [0.15, 0.2) is 30.6 Å². The van der Waals surface area contributed by atoms with Crippen LogP contribution in [0.1, 0.15) is 67.6 Å². The van der Waals surface area contributed by atoms with Gasteiger partial charge >= 0.3 is 5.97 Å². The summed E-state index contributed by atoms with van der Waals surface area (Å²) in [6, 6.07) is 8.85. The summed E-state index contributed by atoms with van der Waals surface area (Å²) in [4.78, 5) is 33.1. The van der Waals surface area contributed by atoms with Gasteiger partial charge in [0.1, 0.15) is 18.0 Å². The van der Waals surface area contributed by atoms with Crippen molar-refractivity contribution in [3.05, 3.63) is 58.7 Å². The minimum absolute atomic E-state index is 0.0262. The minimum atomic E-state index is -0.823. The maximum absolute atomic E-state index is 12.0. The number of anilines is 3. The summed E-state index contributed by atoms with van der Waals surface area (Å²) in [6.45, 7) is 14.2. The Kier molecular flexibility index (Phi) is 8.51. The fourth-order valence-electron chi connectivity index (χ4n) is 7.19. The number of piperidine rings is 2. The lowest BCUT2D eigenvalue weighted by molar-refractivity contribution is -0.136. The van der Waals surface area contributed by atoms with Gasteiger partial charge in [0.05, 0.1) is 12.1 Å². The number of aliphatic carboxylic acids is 1. The molecule has 9 nitrogen and oxygen atoms in total. The molecule has 234 valence electrons. The first-order chi connectivity index (χ1) is 21.1. The fraction of sp³-hybridized carbons (Fsp3) is 0.543. The largest absolute Gasteiger partial charge is 0.481 e. The van der Waals surface area contributed by atoms with Gasteiger partial charge in [-0.25, -0.2) is 9.97 Å². The van der Waals surface area contributed by atoms with Crippen LogP contribution in [0, 0.1) is 25.2 Å². The molecule has 9 heteroatoms. The number of carboxylic acids is 1. The molecule has 2 N–H and O–H groups in total. The van der Waals surface area contributed by atoms with E-state index in [1.165, 1.54) is 11.1 Å². The number of carboxylic acid groups (broad SMARTS) is 1. The van der Waals surface area contributed by atoms with Gasteiger partial charge in [-0.2, -0.15) is 0 Å². The number of pyridine rings is 1. The quantitative estimate of drug-likeness (QED) is 0.381. The molecule has 0 spiro atoms. The van der Waals surface area contributed by atoms with Crippen molar-refractivity contribution < 1.29 is 15.0 Å². The molecular weight excluding hydrogens is 552 g/mol. The molecule has 0 aliphatic carbocycles. The Balaban J connectivity index is 1.28. The number of nitrogens with zero attached hydrogens (tertiary/aromatic N) is 6. The first kappa shape index (κ1) is 30.3. The number of aliphatic hydroxyl groups is 1. The second-order valence-electron chi connectivity index (χ2n) is 13.7. The summed E-state index contributed by atoms with van der Waals surface area (Å²) in [7, 11) is 0. The molecule has 0 saturated carbocycles. The van der Waals surface area contributed by atoms with Crippen molar-refractivity contribution in [3.63, 3.8) is 0 Å². The Labute approximate surface area is 261 Å². The highest BCUT2D eigenvalue weighted by molar-refractivity contribution is 5.86. The number of aliphatic hydroxyl groups excluding tert-OH is 1. The molecule has 0 amide bonds. The number of fused-ring (bicyclic) bond motifs is 1. The minimum Gasteiger partial charge on any atom is -0.481 e. The molecule has 3 aliphatic rings. The van der Waals surface area contributed by atoms with E-state index in [1.807, 2.05) is 6.92 Å². The van der Waals surface area contributed by atoms with Crippen molar-refractivity contribution >= 4 is 23.3 Å². The number of carbonyl (C=O) groups is 1. The van der Waals surface area contributed by atoms with Crippen molar-refractivity contribution in [1.29, 1.82) is 0 Å². The highest BCUT2D eigenvalue weighted by Crippen LogP contribution is 2.42. The maximum atomic E-state index is 12.0. The zero-order chi connectivity index (χ0) is 31.0. The van der Waals surface area contributed by atoms with Gasteiger partial charge in [0.2, 0.25) is 0 Å². The van der Waals surface area contributed by atoms with E-state index in [1.54, 1.807) is 6.33 Å². The summed E-state index contributed by atoms with van der Waals surface area (Å²) >= 11 is 0. The topological polar surface area (TPSA) is 106 Å². The van der Waals surface area contributed by atoms with Gasteiger partial charge in [0.25, 0.3) is 0 Å². The van der Waals surface area contributed by atoms with Gasteiger partial charge in [-0.1, -0.05) is 32.0 Å². The average molecular weight is 599 g/mol. The molecule has 44 heavy (non-hydrogen) atoms. The lowest BCUT2D eigenvalue weighted by Gasteiger charge is -2.40. The number of rotatable bonds is 7. The molecule has 0 bridgehead atoms. The average Bonchev–Trinajstić information content (AvgIpc) is 3.02. The molecule has 0 atom stereocenters. The highest BCUT2D eigenvalue weighted by atomic mass is 16.4. The van der Waals surface area contributed by atoms with E-state index in [9.17, 15) is 15.0 Å². The zero-order valence-electron chi connectivity index (χ0n) is 26.6. The van der Waals surface area contributed by atoms with Crippen molar-refractivity contribution in [2.24, 2.45) is 11.3 Å². The number of hydrogen-bond acceptors (Lipinski definition) is 8. The molecule has 3 aliphatic heterocycles. The van der Waals surface area contributed by atoms with Gasteiger partial charge in [0.15, 0.2) is 0 Å². The van der Waals surface area contributed by atoms with Gasteiger partial charge in [0, 0.05) is 74.5 Å². The molecule has 1 aromatic carbocycles. The van der Waals surface area contributed by atoms with Gasteiger partial charge < -0.3 is 24.9 Å². The summed E-state index contributed by atoms with van der Waals surface area (Å²) in [5.41, 5.74) is 8.74. The smallest absolute Gasteiger partial charge is 0.307 e. The lowest BCUT2D eigenvalue weighted by Crippen LogP contribution is -2.38.